The van der Waals surface area contributed by atoms with E-state index in [9.17, 15) is 4.79 Å². The first-order valence-electron chi connectivity index (χ1n) is 6.51. The van der Waals surface area contributed by atoms with Gasteiger partial charge in [-0.15, -0.1) is 11.3 Å². The van der Waals surface area contributed by atoms with E-state index < -0.39 is 0 Å². The number of carbonyl (C=O) groups excluding carboxylic acids is 1. The van der Waals surface area contributed by atoms with Gasteiger partial charge in [-0.3, -0.25) is 9.20 Å². The number of anilines is 1. The maximum absolute atomic E-state index is 12.1. The lowest BCUT2D eigenvalue weighted by Gasteiger charge is -2.03. The van der Waals surface area contributed by atoms with Gasteiger partial charge in [0.2, 0.25) is 0 Å². The van der Waals surface area contributed by atoms with Crippen LogP contribution < -0.4 is 5.32 Å². The summed E-state index contributed by atoms with van der Waals surface area (Å²) in [4.78, 5) is 18.5. The predicted octanol–water partition coefficient (Wildman–Crippen LogP) is 3.52. The van der Waals surface area contributed by atoms with E-state index in [1.165, 1.54) is 10.4 Å². The predicted molar refractivity (Wildman–Crippen MR) is 81.6 cm³/mol. The Kier molecular flexibility index (Phi) is 3.28. The number of nitrogens with zero attached hydrogens (tertiary/aromatic N) is 2. The monoisotopic (exact) mass is 285 g/mol. The molecule has 0 aliphatic rings. The highest BCUT2D eigenvalue weighted by Gasteiger charge is 2.12. The van der Waals surface area contributed by atoms with Crippen LogP contribution in [0.4, 0.5) is 5.69 Å². The molecule has 1 aromatic carbocycles. The SMILES string of the molecule is CCc1ccc(NC(=O)c2cn3cc(C)sc3n2)cc1. The third-order valence-corrected chi connectivity index (χ3v) is 4.04. The average molecular weight is 285 g/mol. The van der Waals surface area contributed by atoms with Crippen LogP contribution in [-0.2, 0) is 6.42 Å². The van der Waals surface area contributed by atoms with Crippen molar-refractivity contribution in [1.82, 2.24) is 9.38 Å². The zero-order chi connectivity index (χ0) is 14.1. The van der Waals surface area contributed by atoms with Crippen LogP contribution in [0.2, 0.25) is 0 Å². The van der Waals surface area contributed by atoms with Gasteiger partial charge in [0.1, 0.15) is 5.69 Å². The largest absolute Gasteiger partial charge is 0.321 e. The molecule has 0 atom stereocenters. The van der Waals surface area contributed by atoms with E-state index in [1.54, 1.807) is 17.5 Å². The molecule has 3 aromatic rings. The molecular weight excluding hydrogens is 270 g/mol. The van der Waals surface area contributed by atoms with Crippen molar-refractivity contribution in [2.45, 2.75) is 20.3 Å². The van der Waals surface area contributed by atoms with Crippen molar-refractivity contribution in [3.05, 3.63) is 52.8 Å². The topological polar surface area (TPSA) is 46.4 Å². The van der Waals surface area contributed by atoms with Crippen molar-refractivity contribution in [2.75, 3.05) is 5.32 Å². The number of imidazole rings is 1. The van der Waals surface area contributed by atoms with Gasteiger partial charge in [0.15, 0.2) is 4.96 Å². The Balaban J connectivity index is 1.78. The highest BCUT2D eigenvalue weighted by Crippen LogP contribution is 2.17. The molecule has 0 unspecified atom stereocenters. The number of carbonyl (C=O) groups is 1. The fourth-order valence-corrected chi connectivity index (χ4v) is 2.85. The maximum atomic E-state index is 12.1. The summed E-state index contributed by atoms with van der Waals surface area (Å²) in [7, 11) is 0. The minimum atomic E-state index is -0.178. The molecule has 4 nitrogen and oxygen atoms in total. The fraction of sp³-hybridized carbons (Fsp3) is 0.200. The standard InChI is InChI=1S/C15H15N3OS/c1-3-11-4-6-12(7-5-11)16-14(19)13-9-18-8-10(2)20-15(18)17-13/h4-9H,3H2,1-2H3,(H,16,19). The summed E-state index contributed by atoms with van der Waals surface area (Å²) in [5, 5.41) is 2.86. The molecule has 0 bridgehead atoms. The molecule has 0 aliphatic carbocycles. The molecule has 1 amide bonds. The van der Waals surface area contributed by atoms with Gasteiger partial charge in [0.05, 0.1) is 0 Å². The molecule has 1 N–H and O–H groups in total. The van der Waals surface area contributed by atoms with E-state index in [2.05, 4.69) is 17.2 Å². The molecule has 102 valence electrons. The second kappa shape index (κ2) is 5.09. The van der Waals surface area contributed by atoms with E-state index in [4.69, 9.17) is 0 Å². The molecule has 20 heavy (non-hydrogen) atoms. The molecular formula is C15H15N3OS. The lowest BCUT2D eigenvalue weighted by Crippen LogP contribution is -2.12. The van der Waals surface area contributed by atoms with Gasteiger partial charge in [-0.1, -0.05) is 19.1 Å². The number of aryl methyl sites for hydroxylation is 2. The summed E-state index contributed by atoms with van der Waals surface area (Å²) in [6.07, 6.45) is 4.72. The van der Waals surface area contributed by atoms with Gasteiger partial charge in [-0.2, -0.15) is 0 Å². The minimum absolute atomic E-state index is 0.178. The first-order valence-corrected chi connectivity index (χ1v) is 7.33. The zero-order valence-electron chi connectivity index (χ0n) is 11.4. The summed E-state index contributed by atoms with van der Waals surface area (Å²) in [5.74, 6) is -0.178. The number of benzene rings is 1. The van der Waals surface area contributed by atoms with Gasteiger partial charge in [0.25, 0.3) is 5.91 Å². The lowest BCUT2D eigenvalue weighted by atomic mass is 10.1. The average Bonchev–Trinajstić information content (AvgIpc) is 2.96. The summed E-state index contributed by atoms with van der Waals surface area (Å²) in [6, 6.07) is 7.87. The normalized spacial score (nSPS) is 10.9. The van der Waals surface area contributed by atoms with Crippen molar-refractivity contribution in [3.63, 3.8) is 0 Å². The van der Waals surface area contributed by atoms with E-state index in [0.717, 1.165) is 17.1 Å². The Hall–Kier alpha value is -2.14. The Morgan fingerprint density at radius 2 is 2.05 bits per heavy atom. The minimum Gasteiger partial charge on any atom is -0.321 e. The molecule has 0 saturated carbocycles. The van der Waals surface area contributed by atoms with E-state index in [-0.39, 0.29) is 5.91 Å². The Labute approximate surface area is 121 Å². The fourth-order valence-electron chi connectivity index (χ4n) is 2.04. The van der Waals surface area contributed by atoms with Gasteiger partial charge in [-0.05, 0) is 31.0 Å². The highest BCUT2D eigenvalue weighted by molar-refractivity contribution is 7.17. The Bertz CT molecular complexity index is 724. The van der Waals surface area contributed by atoms with Gasteiger partial charge in [-0.25, -0.2) is 4.98 Å². The number of amides is 1. The van der Waals surface area contributed by atoms with Crippen LogP contribution in [-0.4, -0.2) is 15.3 Å². The summed E-state index contributed by atoms with van der Waals surface area (Å²) in [6.45, 7) is 4.13. The Morgan fingerprint density at radius 1 is 1.30 bits per heavy atom. The molecule has 0 fully saturated rings. The summed E-state index contributed by atoms with van der Waals surface area (Å²) < 4.78 is 1.88. The van der Waals surface area contributed by atoms with Crippen LogP contribution in [0.3, 0.4) is 0 Å². The van der Waals surface area contributed by atoms with Crippen molar-refractivity contribution in [3.8, 4) is 0 Å². The number of rotatable bonds is 3. The van der Waals surface area contributed by atoms with Crippen molar-refractivity contribution in [1.29, 1.82) is 0 Å². The van der Waals surface area contributed by atoms with Crippen molar-refractivity contribution in [2.24, 2.45) is 0 Å². The van der Waals surface area contributed by atoms with E-state index in [0.29, 0.717) is 5.69 Å². The van der Waals surface area contributed by atoms with Crippen molar-refractivity contribution < 1.29 is 4.79 Å². The number of hydrogen-bond donors (Lipinski definition) is 1. The molecule has 0 aliphatic heterocycles. The summed E-state index contributed by atoms with van der Waals surface area (Å²) in [5.41, 5.74) is 2.48. The van der Waals surface area contributed by atoms with Crippen LogP contribution in [0.15, 0.2) is 36.7 Å². The van der Waals surface area contributed by atoms with Crippen molar-refractivity contribution >= 4 is 27.9 Å². The molecule has 2 aromatic heterocycles. The number of fused-ring (bicyclic) bond motifs is 1. The van der Waals surface area contributed by atoms with E-state index in [1.807, 2.05) is 41.8 Å². The first-order chi connectivity index (χ1) is 9.65. The van der Waals surface area contributed by atoms with Crippen LogP contribution in [0.1, 0.15) is 27.9 Å². The van der Waals surface area contributed by atoms with Crippen LogP contribution >= 0.6 is 11.3 Å². The first kappa shape index (κ1) is 12.9. The quantitative estimate of drug-likeness (QED) is 0.800. The second-order valence-corrected chi connectivity index (χ2v) is 5.88. The van der Waals surface area contributed by atoms with Gasteiger partial charge in [0, 0.05) is 23.0 Å². The van der Waals surface area contributed by atoms with Crippen LogP contribution in [0, 0.1) is 6.92 Å². The highest BCUT2D eigenvalue weighted by atomic mass is 32.1. The van der Waals surface area contributed by atoms with Gasteiger partial charge >= 0.3 is 0 Å². The summed E-state index contributed by atoms with van der Waals surface area (Å²) >= 11 is 1.57. The zero-order valence-corrected chi connectivity index (χ0v) is 12.2. The molecule has 5 heteroatoms. The lowest BCUT2D eigenvalue weighted by molar-refractivity contribution is 0.102. The maximum Gasteiger partial charge on any atom is 0.275 e. The smallest absolute Gasteiger partial charge is 0.275 e. The second-order valence-electron chi connectivity index (χ2n) is 4.66. The third kappa shape index (κ3) is 2.44. The van der Waals surface area contributed by atoms with Crippen LogP contribution in [0.5, 0.6) is 0 Å². The molecule has 3 rings (SSSR count). The third-order valence-electron chi connectivity index (χ3n) is 3.12. The number of hydrogen-bond acceptors (Lipinski definition) is 3. The molecule has 2 heterocycles. The van der Waals surface area contributed by atoms with Gasteiger partial charge < -0.3 is 5.32 Å². The van der Waals surface area contributed by atoms with E-state index >= 15 is 0 Å². The molecule has 0 saturated heterocycles. The Morgan fingerprint density at radius 3 is 2.70 bits per heavy atom. The molecule has 0 spiro atoms. The number of aromatic nitrogens is 2. The number of nitrogens with one attached hydrogen (secondary N) is 1. The van der Waals surface area contributed by atoms with Crippen LogP contribution in [0.25, 0.3) is 4.96 Å². The molecule has 0 radical (unpaired) electrons. The number of thiazole rings is 1.